The Morgan fingerprint density at radius 2 is 2.08 bits per heavy atom. The van der Waals surface area contributed by atoms with E-state index in [1.54, 1.807) is 0 Å². The van der Waals surface area contributed by atoms with E-state index in [0.717, 1.165) is 31.6 Å². The maximum Gasteiger partial charge on any atom is 0.265 e. The molecule has 0 radical (unpaired) electrons. The Kier molecular flexibility index (Phi) is 4.83. The number of anilines is 2. The van der Waals surface area contributed by atoms with Gasteiger partial charge in [0.25, 0.3) is 5.91 Å². The van der Waals surface area contributed by atoms with E-state index in [1.807, 2.05) is 6.07 Å². The monoisotopic (exact) mass is 382 g/mol. The maximum absolute atomic E-state index is 13.7. The number of sulfonamides is 1. The fraction of sp³-hybridized carbons (Fsp3) is 0.353. The van der Waals surface area contributed by atoms with Crippen molar-refractivity contribution >= 4 is 38.6 Å². The molecule has 0 saturated carbocycles. The fourth-order valence-corrected chi connectivity index (χ4v) is 4.55. The number of carbonyl (C=O) groups is 1. The number of hydrogen-bond acceptors (Lipinski definition) is 4. The lowest BCUT2D eigenvalue weighted by atomic mass is 9.90. The topological polar surface area (TPSA) is 75.3 Å². The van der Waals surface area contributed by atoms with Crippen LogP contribution in [0, 0.1) is 11.7 Å². The van der Waals surface area contributed by atoms with Gasteiger partial charge in [-0.1, -0.05) is 6.92 Å². The van der Waals surface area contributed by atoms with Gasteiger partial charge in [0, 0.05) is 10.6 Å². The Morgan fingerprint density at radius 3 is 2.80 bits per heavy atom. The molecule has 1 amide bonds. The van der Waals surface area contributed by atoms with Gasteiger partial charge in [0.2, 0.25) is 10.0 Å². The van der Waals surface area contributed by atoms with Crippen molar-refractivity contribution in [1.82, 2.24) is 0 Å². The summed E-state index contributed by atoms with van der Waals surface area (Å²) in [6.07, 6.45) is 4.05. The largest absolute Gasteiger partial charge is 0.321 e. The Balaban J connectivity index is 1.78. The van der Waals surface area contributed by atoms with Gasteiger partial charge in [-0.25, -0.2) is 12.8 Å². The normalized spacial score (nSPS) is 17.0. The van der Waals surface area contributed by atoms with Crippen LogP contribution in [0.15, 0.2) is 24.3 Å². The first-order valence-electron chi connectivity index (χ1n) is 7.91. The van der Waals surface area contributed by atoms with Crippen molar-refractivity contribution in [2.45, 2.75) is 26.2 Å². The average Bonchev–Trinajstić information content (AvgIpc) is 2.92. The first-order valence-corrected chi connectivity index (χ1v) is 10.6. The number of aryl methyl sites for hydroxylation is 1. The molecule has 25 heavy (non-hydrogen) atoms. The summed E-state index contributed by atoms with van der Waals surface area (Å²) in [5.41, 5.74) is 1.37. The van der Waals surface area contributed by atoms with Crippen LogP contribution in [-0.4, -0.2) is 20.6 Å². The lowest BCUT2D eigenvalue weighted by molar-refractivity contribution is 0.103. The van der Waals surface area contributed by atoms with E-state index in [1.165, 1.54) is 33.9 Å². The van der Waals surface area contributed by atoms with Gasteiger partial charge in [-0.05, 0) is 55.0 Å². The van der Waals surface area contributed by atoms with Crippen LogP contribution in [0.25, 0.3) is 0 Å². The Bertz CT molecular complexity index is 922. The molecular formula is C17H19FN2O3S2. The molecule has 1 aliphatic carbocycles. The highest BCUT2D eigenvalue weighted by molar-refractivity contribution is 7.92. The van der Waals surface area contributed by atoms with Crippen molar-refractivity contribution in [3.63, 3.8) is 0 Å². The summed E-state index contributed by atoms with van der Waals surface area (Å²) >= 11 is 1.48. The number of fused-ring (bicyclic) bond motifs is 1. The molecule has 1 aromatic carbocycles. The number of benzene rings is 1. The molecule has 0 unspecified atom stereocenters. The number of amides is 1. The van der Waals surface area contributed by atoms with E-state index < -0.39 is 15.8 Å². The van der Waals surface area contributed by atoms with E-state index in [0.29, 0.717) is 16.5 Å². The summed E-state index contributed by atoms with van der Waals surface area (Å²) in [4.78, 5) is 14.3. The minimum atomic E-state index is -3.61. The Morgan fingerprint density at radius 1 is 1.32 bits per heavy atom. The molecule has 8 heteroatoms. The van der Waals surface area contributed by atoms with Crippen molar-refractivity contribution < 1.29 is 17.6 Å². The third-order valence-corrected chi connectivity index (χ3v) is 5.90. The second kappa shape index (κ2) is 6.76. The molecule has 1 atom stereocenters. The summed E-state index contributed by atoms with van der Waals surface area (Å²) < 4.78 is 38.4. The van der Waals surface area contributed by atoms with Crippen molar-refractivity contribution in [2.24, 2.45) is 5.92 Å². The molecule has 1 aromatic heterocycles. The molecule has 134 valence electrons. The smallest absolute Gasteiger partial charge is 0.265 e. The van der Waals surface area contributed by atoms with Gasteiger partial charge >= 0.3 is 0 Å². The summed E-state index contributed by atoms with van der Waals surface area (Å²) in [5.74, 6) is -0.354. The number of thiophene rings is 1. The molecule has 0 spiro atoms. The van der Waals surface area contributed by atoms with Crippen LogP contribution in [0.3, 0.4) is 0 Å². The number of rotatable bonds is 4. The van der Waals surface area contributed by atoms with E-state index in [-0.39, 0.29) is 11.6 Å². The van der Waals surface area contributed by atoms with Crippen LogP contribution in [0.1, 0.15) is 33.5 Å². The molecule has 0 bridgehead atoms. The molecule has 0 aliphatic heterocycles. The molecule has 2 N–H and O–H groups in total. The van der Waals surface area contributed by atoms with Gasteiger partial charge in [-0.3, -0.25) is 9.52 Å². The highest BCUT2D eigenvalue weighted by atomic mass is 32.2. The third kappa shape index (κ3) is 4.38. The molecule has 0 saturated heterocycles. The minimum Gasteiger partial charge on any atom is -0.321 e. The predicted octanol–water partition coefficient (Wildman–Crippen LogP) is 3.64. The third-order valence-electron chi connectivity index (χ3n) is 4.07. The summed E-state index contributed by atoms with van der Waals surface area (Å²) in [6.45, 7) is 2.20. The predicted molar refractivity (Wildman–Crippen MR) is 98.3 cm³/mol. The zero-order valence-corrected chi connectivity index (χ0v) is 15.6. The summed E-state index contributed by atoms with van der Waals surface area (Å²) in [6, 6.07) is 5.70. The molecule has 0 fully saturated rings. The molecule has 1 heterocycles. The van der Waals surface area contributed by atoms with Crippen molar-refractivity contribution in [1.29, 1.82) is 0 Å². The second-order valence-electron chi connectivity index (χ2n) is 6.43. The van der Waals surface area contributed by atoms with Crippen LogP contribution in [0.2, 0.25) is 0 Å². The summed E-state index contributed by atoms with van der Waals surface area (Å²) in [7, 11) is -3.61. The molecule has 5 nitrogen and oxygen atoms in total. The van der Waals surface area contributed by atoms with Gasteiger partial charge in [0.05, 0.1) is 16.8 Å². The first kappa shape index (κ1) is 17.9. The number of halogens is 1. The van der Waals surface area contributed by atoms with Crippen LogP contribution in [-0.2, 0) is 22.9 Å². The van der Waals surface area contributed by atoms with E-state index >= 15 is 0 Å². The van der Waals surface area contributed by atoms with Gasteiger partial charge < -0.3 is 5.32 Å². The zero-order chi connectivity index (χ0) is 18.2. The average molecular weight is 382 g/mol. The van der Waals surface area contributed by atoms with Crippen LogP contribution in [0.4, 0.5) is 15.8 Å². The van der Waals surface area contributed by atoms with Gasteiger partial charge in [-0.15, -0.1) is 11.3 Å². The van der Waals surface area contributed by atoms with Gasteiger partial charge in [0.15, 0.2) is 0 Å². The van der Waals surface area contributed by atoms with Crippen molar-refractivity contribution in [2.75, 3.05) is 16.3 Å². The molecule has 1 aliphatic rings. The SMILES string of the molecule is C[C@H]1CCc2sc(C(=O)Nc3ccc(F)c(NS(C)(=O)=O)c3)cc2C1. The highest BCUT2D eigenvalue weighted by Gasteiger charge is 2.21. The fourth-order valence-electron chi connectivity index (χ4n) is 2.89. The Hall–Kier alpha value is -1.93. The lowest BCUT2D eigenvalue weighted by Gasteiger charge is -2.16. The van der Waals surface area contributed by atoms with E-state index in [9.17, 15) is 17.6 Å². The quantitative estimate of drug-likeness (QED) is 0.848. The summed E-state index contributed by atoms with van der Waals surface area (Å²) in [5, 5.41) is 2.70. The lowest BCUT2D eigenvalue weighted by Crippen LogP contribution is -2.13. The van der Waals surface area contributed by atoms with E-state index in [2.05, 4.69) is 17.0 Å². The van der Waals surface area contributed by atoms with Crippen LogP contribution >= 0.6 is 11.3 Å². The van der Waals surface area contributed by atoms with Crippen LogP contribution < -0.4 is 10.0 Å². The van der Waals surface area contributed by atoms with Gasteiger partial charge in [-0.2, -0.15) is 0 Å². The minimum absolute atomic E-state index is 0.195. The van der Waals surface area contributed by atoms with E-state index in [4.69, 9.17) is 0 Å². The number of nitrogens with one attached hydrogen (secondary N) is 2. The van der Waals surface area contributed by atoms with Gasteiger partial charge in [0.1, 0.15) is 5.82 Å². The molecule has 3 rings (SSSR count). The standard InChI is InChI=1S/C17H19FN2O3S2/c1-10-3-6-15-11(7-10)8-16(24-15)17(21)19-12-4-5-13(18)14(9-12)20-25(2,22)23/h4-5,8-10,20H,3,6-7H2,1-2H3,(H,19,21)/t10-/m0/s1. The zero-order valence-electron chi connectivity index (χ0n) is 13.9. The van der Waals surface area contributed by atoms with Crippen LogP contribution in [0.5, 0.6) is 0 Å². The van der Waals surface area contributed by atoms with Crippen molar-refractivity contribution in [3.8, 4) is 0 Å². The second-order valence-corrected chi connectivity index (χ2v) is 9.32. The Labute approximate surface area is 150 Å². The van der Waals surface area contributed by atoms with Crippen molar-refractivity contribution in [3.05, 3.63) is 45.4 Å². The maximum atomic E-state index is 13.7. The highest BCUT2D eigenvalue weighted by Crippen LogP contribution is 2.32. The first-order chi connectivity index (χ1) is 11.7. The molecular weight excluding hydrogens is 363 g/mol. The molecule has 2 aromatic rings. The number of hydrogen-bond donors (Lipinski definition) is 2. The number of carbonyl (C=O) groups excluding carboxylic acids is 1.